The zero-order valence-corrected chi connectivity index (χ0v) is 10.4. The van der Waals surface area contributed by atoms with E-state index < -0.39 is 0 Å². The standard InChI is InChI=1S/C12H10BrN3/c1-9-3-2-4-10(7-9)16-8-11(13)12(15-16)5-6-14/h2-4,7-8H,5H2,1H3. The average Bonchev–Trinajstić information content (AvgIpc) is 2.61. The summed E-state index contributed by atoms with van der Waals surface area (Å²) in [4.78, 5) is 0. The highest BCUT2D eigenvalue weighted by Gasteiger charge is 2.07. The topological polar surface area (TPSA) is 41.6 Å². The summed E-state index contributed by atoms with van der Waals surface area (Å²) in [5.41, 5.74) is 2.96. The molecule has 0 atom stereocenters. The Kier molecular flexibility index (Phi) is 3.07. The van der Waals surface area contributed by atoms with Crippen molar-refractivity contribution in [2.75, 3.05) is 0 Å². The number of halogens is 1. The van der Waals surface area contributed by atoms with Gasteiger partial charge >= 0.3 is 0 Å². The first-order valence-electron chi connectivity index (χ1n) is 4.89. The highest BCUT2D eigenvalue weighted by Crippen LogP contribution is 2.18. The van der Waals surface area contributed by atoms with E-state index in [2.05, 4.69) is 33.2 Å². The van der Waals surface area contributed by atoms with E-state index in [4.69, 9.17) is 5.26 Å². The van der Waals surface area contributed by atoms with Crippen molar-refractivity contribution in [1.82, 2.24) is 9.78 Å². The van der Waals surface area contributed by atoms with E-state index in [1.54, 1.807) is 4.68 Å². The first-order chi connectivity index (χ1) is 7.70. The third-order valence-corrected chi connectivity index (χ3v) is 2.91. The van der Waals surface area contributed by atoms with E-state index in [0.29, 0.717) is 6.42 Å². The molecule has 0 amide bonds. The molecule has 0 fully saturated rings. The first kappa shape index (κ1) is 10.9. The summed E-state index contributed by atoms with van der Waals surface area (Å²) < 4.78 is 2.65. The van der Waals surface area contributed by atoms with Crippen molar-refractivity contribution in [3.8, 4) is 11.8 Å². The second kappa shape index (κ2) is 4.50. The van der Waals surface area contributed by atoms with E-state index in [-0.39, 0.29) is 0 Å². The normalized spacial score (nSPS) is 10.1. The SMILES string of the molecule is Cc1cccc(-n2cc(Br)c(CC#N)n2)c1. The predicted octanol–water partition coefficient (Wildman–Crippen LogP) is 3.01. The number of benzene rings is 1. The highest BCUT2D eigenvalue weighted by atomic mass is 79.9. The molecule has 0 saturated heterocycles. The third kappa shape index (κ3) is 2.15. The fourth-order valence-electron chi connectivity index (χ4n) is 1.49. The monoisotopic (exact) mass is 275 g/mol. The largest absolute Gasteiger partial charge is 0.239 e. The van der Waals surface area contributed by atoms with Gasteiger partial charge in [-0.25, -0.2) is 4.68 Å². The number of rotatable bonds is 2. The third-order valence-electron chi connectivity index (χ3n) is 2.25. The average molecular weight is 276 g/mol. The maximum atomic E-state index is 8.65. The van der Waals surface area contributed by atoms with Crippen molar-refractivity contribution in [2.24, 2.45) is 0 Å². The Morgan fingerprint density at radius 3 is 3.00 bits per heavy atom. The van der Waals surface area contributed by atoms with Gasteiger partial charge in [0.2, 0.25) is 0 Å². The molecule has 0 saturated carbocycles. The molecule has 0 N–H and O–H groups in total. The number of aryl methyl sites for hydroxylation is 1. The Bertz CT molecular complexity index is 552. The second-order valence-electron chi connectivity index (χ2n) is 3.54. The summed E-state index contributed by atoms with van der Waals surface area (Å²) in [7, 11) is 0. The molecular weight excluding hydrogens is 266 g/mol. The number of aromatic nitrogens is 2. The summed E-state index contributed by atoms with van der Waals surface area (Å²) in [6.07, 6.45) is 2.20. The lowest BCUT2D eigenvalue weighted by molar-refractivity contribution is 0.852. The molecule has 0 unspecified atom stereocenters. The Morgan fingerprint density at radius 2 is 2.31 bits per heavy atom. The minimum atomic E-state index is 0.319. The number of nitrogens with zero attached hydrogens (tertiary/aromatic N) is 3. The fraction of sp³-hybridized carbons (Fsp3) is 0.167. The second-order valence-corrected chi connectivity index (χ2v) is 4.40. The fourth-order valence-corrected chi connectivity index (χ4v) is 1.90. The molecule has 0 aliphatic carbocycles. The Labute approximate surface area is 102 Å². The molecule has 0 spiro atoms. The van der Waals surface area contributed by atoms with Gasteiger partial charge < -0.3 is 0 Å². The quantitative estimate of drug-likeness (QED) is 0.846. The molecule has 0 aliphatic heterocycles. The summed E-state index contributed by atoms with van der Waals surface area (Å²) in [6, 6.07) is 10.2. The van der Waals surface area contributed by atoms with E-state index in [9.17, 15) is 0 Å². The maximum Gasteiger partial charge on any atom is 0.0911 e. The molecular formula is C12H10BrN3. The molecule has 2 aromatic rings. The lowest BCUT2D eigenvalue weighted by Crippen LogP contribution is -1.96. The van der Waals surface area contributed by atoms with Crippen LogP contribution in [0.15, 0.2) is 34.9 Å². The van der Waals surface area contributed by atoms with Gasteiger partial charge in [-0.05, 0) is 40.5 Å². The van der Waals surface area contributed by atoms with Crippen LogP contribution in [0.25, 0.3) is 5.69 Å². The van der Waals surface area contributed by atoms with Crippen LogP contribution in [0.4, 0.5) is 0 Å². The van der Waals surface area contributed by atoms with Gasteiger partial charge in [-0.2, -0.15) is 10.4 Å². The van der Waals surface area contributed by atoms with Crippen LogP contribution in [0.1, 0.15) is 11.3 Å². The molecule has 0 aliphatic rings. The van der Waals surface area contributed by atoms with Crippen LogP contribution < -0.4 is 0 Å². The zero-order valence-electron chi connectivity index (χ0n) is 8.81. The van der Waals surface area contributed by atoms with Crippen molar-refractivity contribution < 1.29 is 0 Å². The molecule has 1 heterocycles. The molecule has 1 aromatic heterocycles. The Balaban J connectivity index is 2.42. The molecule has 0 radical (unpaired) electrons. The van der Waals surface area contributed by atoms with E-state index in [1.807, 2.05) is 31.3 Å². The number of hydrogen-bond donors (Lipinski definition) is 0. The molecule has 16 heavy (non-hydrogen) atoms. The maximum absolute atomic E-state index is 8.65. The van der Waals surface area contributed by atoms with Crippen LogP contribution in [0.3, 0.4) is 0 Å². The highest BCUT2D eigenvalue weighted by molar-refractivity contribution is 9.10. The van der Waals surface area contributed by atoms with Gasteiger partial charge in [0, 0.05) is 6.20 Å². The molecule has 3 nitrogen and oxygen atoms in total. The van der Waals surface area contributed by atoms with Crippen LogP contribution >= 0.6 is 15.9 Å². The minimum absolute atomic E-state index is 0.319. The van der Waals surface area contributed by atoms with Crippen molar-refractivity contribution in [3.05, 3.63) is 46.2 Å². The summed E-state index contributed by atoms with van der Waals surface area (Å²) in [5, 5.41) is 13.0. The van der Waals surface area contributed by atoms with Gasteiger partial charge in [0.25, 0.3) is 0 Å². The number of nitriles is 1. The van der Waals surface area contributed by atoms with Gasteiger partial charge in [0.15, 0.2) is 0 Å². The Hall–Kier alpha value is -1.60. The van der Waals surface area contributed by atoms with Crippen LogP contribution in [-0.2, 0) is 6.42 Å². The molecule has 4 heteroatoms. The lowest BCUT2D eigenvalue weighted by Gasteiger charge is -2.01. The van der Waals surface area contributed by atoms with Gasteiger partial charge in [-0.3, -0.25) is 0 Å². The van der Waals surface area contributed by atoms with Crippen molar-refractivity contribution in [2.45, 2.75) is 13.3 Å². The van der Waals surface area contributed by atoms with Crippen molar-refractivity contribution in [1.29, 1.82) is 5.26 Å². The molecule has 80 valence electrons. The van der Waals surface area contributed by atoms with Crippen LogP contribution in [-0.4, -0.2) is 9.78 Å². The summed E-state index contributed by atoms with van der Waals surface area (Å²) >= 11 is 3.40. The van der Waals surface area contributed by atoms with Gasteiger partial charge in [0.05, 0.1) is 28.3 Å². The zero-order chi connectivity index (χ0) is 11.5. The van der Waals surface area contributed by atoms with Crippen LogP contribution in [0, 0.1) is 18.3 Å². The smallest absolute Gasteiger partial charge is 0.0911 e. The van der Waals surface area contributed by atoms with Crippen molar-refractivity contribution >= 4 is 15.9 Å². The Morgan fingerprint density at radius 1 is 1.50 bits per heavy atom. The number of hydrogen-bond acceptors (Lipinski definition) is 2. The predicted molar refractivity (Wildman–Crippen MR) is 65.3 cm³/mol. The van der Waals surface area contributed by atoms with Gasteiger partial charge in [0.1, 0.15) is 0 Å². The summed E-state index contributed by atoms with van der Waals surface area (Å²) in [5.74, 6) is 0. The van der Waals surface area contributed by atoms with Crippen LogP contribution in [0.5, 0.6) is 0 Å². The molecule has 2 rings (SSSR count). The molecule has 0 bridgehead atoms. The van der Waals surface area contributed by atoms with Gasteiger partial charge in [-0.1, -0.05) is 12.1 Å². The first-order valence-corrected chi connectivity index (χ1v) is 5.68. The van der Waals surface area contributed by atoms with E-state index in [1.165, 1.54) is 5.56 Å². The summed E-state index contributed by atoms with van der Waals surface area (Å²) in [6.45, 7) is 2.04. The minimum Gasteiger partial charge on any atom is -0.239 e. The van der Waals surface area contributed by atoms with Gasteiger partial charge in [-0.15, -0.1) is 0 Å². The molecule has 1 aromatic carbocycles. The lowest BCUT2D eigenvalue weighted by atomic mass is 10.2. The van der Waals surface area contributed by atoms with Crippen LogP contribution in [0.2, 0.25) is 0 Å². The van der Waals surface area contributed by atoms with Crippen molar-refractivity contribution in [3.63, 3.8) is 0 Å². The van der Waals surface area contributed by atoms with E-state index in [0.717, 1.165) is 15.9 Å². The van der Waals surface area contributed by atoms with E-state index >= 15 is 0 Å².